The highest BCUT2D eigenvalue weighted by Crippen LogP contribution is 2.34. The molecular formula is C16H22N6O2. The van der Waals surface area contributed by atoms with Crippen molar-refractivity contribution in [1.29, 1.82) is 0 Å². The van der Waals surface area contributed by atoms with Crippen molar-refractivity contribution in [3.63, 3.8) is 0 Å². The van der Waals surface area contributed by atoms with Gasteiger partial charge in [0.1, 0.15) is 5.69 Å². The molecule has 0 bridgehead atoms. The summed E-state index contributed by atoms with van der Waals surface area (Å²) in [6, 6.07) is 1.72. The molecule has 2 aromatic heterocycles. The summed E-state index contributed by atoms with van der Waals surface area (Å²) in [5.41, 5.74) is 1.41. The van der Waals surface area contributed by atoms with Crippen LogP contribution in [-0.2, 0) is 12.5 Å². The van der Waals surface area contributed by atoms with E-state index in [1.807, 2.05) is 0 Å². The molecule has 0 radical (unpaired) electrons. The van der Waals surface area contributed by atoms with Crippen molar-refractivity contribution in [3.05, 3.63) is 35.4 Å². The van der Waals surface area contributed by atoms with E-state index in [2.05, 4.69) is 27.5 Å². The van der Waals surface area contributed by atoms with E-state index in [4.69, 9.17) is 0 Å². The Morgan fingerprint density at radius 3 is 2.88 bits per heavy atom. The minimum Gasteiger partial charge on any atom is -0.355 e. The Morgan fingerprint density at radius 2 is 2.21 bits per heavy atom. The maximum atomic E-state index is 12.7. The molecule has 0 spiro atoms. The lowest BCUT2D eigenvalue weighted by Crippen LogP contribution is -2.48. The molecule has 1 atom stereocenters. The second kappa shape index (κ2) is 6.10. The zero-order valence-corrected chi connectivity index (χ0v) is 14.2. The van der Waals surface area contributed by atoms with Crippen LogP contribution in [-0.4, -0.2) is 56.8 Å². The lowest BCUT2D eigenvalue weighted by atomic mass is 9.77. The van der Waals surface area contributed by atoms with Crippen LogP contribution in [0.25, 0.3) is 0 Å². The van der Waals surface area contributed by atoms with Crippen LogP contribution in [0.5, 0.6) is 0 Å². The first-order valence-corrected chi connectivity index (χ1v) is 7.99. The van der Waals surface area contributed by atoms with E-state index in [9.17, 15) is 9.59 Å². The molecule has 8 heteroatoms. The summed E-state index contributed by atoms with van der Waals surface area (Å²) in [6.07, 6.45) is 5.04. The molecule has 2 amide bonds. The number of rotatable bonds is 3. The summed E-state index contributed by atoms with van der Waals surface area (Å²) < 4.78 is 1.62. The maximum absolute atomic E-state index is 12.7. The summed E-state index contributed by atoms with van der Waals surface area (Å²) >= 11 is 0. The monoisotopic (exact) mass is 330 g/mol. The second-order valence-electron chi connectivity index (χ2n) is 6.50. The molecule has 1 fully saturated rings. The SMILES string of the molecule is CNC(=O)c1cn[nH]c1C1(C)CCCN(C(=O)c2ccn(C)n2)C1. The number of carbonyl (C=O) groups is 2. The van der Waals surface area contributed by atoms with Crippen molar-refractivity contribution in [3.8, 4) is 0 Å². The van der Waals surface area contributed by atoms with Crippen LogP contribution in [0.4, 0.5) is 0 Å². The van der Waals surface area contributed by atoms with Crippen LogP contribution in [0.2, 0.25) is 0 Å². The van der Waals surface area contributed by atoms with Crippen molar-refractivity contribution < 1.29 is 9.59 Å². The van der Waals surface area contributed by atoms with Gasteiger partial charge in [0.2, 0.25) is 0 Å². The minimum atomic E-state index is -0.346. The number of nitrogens with zero attached hydrogens (tertiary/aromatic N) is 4. The Balaban J connectivity index is 1.86. The van der Waals surface area contributed by atoms with Crippen LogP contribution in [0, 0.1) is 0 Å². The summed E-state index contributed by atoms with van der Waals surface area (Å²) in [7, 11) is 3.39. The Morgan fingerprint density at radius 1 is 1.42 bits per heavy atom. The zero-order valence-electron chi connectivity index (χ0n) is 14.2. The molecule has 1 aliphatic rings. The molecule has 1 aliphatic heterocycles. The normalized spacial score (nSPS) is 20.9. The zero-order chi connectivity index (χ0) is 17.3. The number of H-pyrrole nitrogens is 1. The summed E-state index contributed by atoms with van der Waals surface area (Å²) in [5.74, 6) is -0.254. The largest absolute Gasteiger partial charge is 0.355 e. The fourth-order valence-electron chi connectivity index (χ4n) is 3.36. The van der Waals surface area contributed by atoms with Gasteiger partial charge in [-0.25, -0.2) is 0 Å². The van der Waals surface area contributed by atoms with Gasteiger partial charge < -0.3 is 10.2 Å². The number of piperidine rings is 1. The predicted octanol–water partition coefficient (Wildman–Crippen LogP) is 0.697. The van der Waals surface area contributed by atoms with Gasteiger partial charge in [0.25, 0.3) is 11.8 Å². The van der Waals surface area contributed by atoms with Gasteiger partial charge in [-0.2, -0.15) is 10.2 Å². The molecule has 2 N–H and O–H groups in total. The van der Waals surface area contributed by atoms with Crippen molar-refractivity contribution in [2.45, 2.75) is 25.2 Å². The van der Waals surface area contributed by atoms with Gasteiger partial charge >= 0.3 is 0 Å². The predicted molar refractivity (Wildman–Crippen MR) is 87.7 cm³/mol. The molecule has 1 unspecified atom stereocenters. The van der Waals surface area contributed by atoms with Crippen molar-refractivity contribution in [2.24, 2.45) is 7.05 Å². The molecule has 24 heavy (non-hydrogen) atoms. The third-order valence-corrected chi connectivity index (χ3v) is 4.63. The second-order valence-corrected chi connectivity index (χ2v) is 6.50. The Hall–Kier alpha value is -2.64. The van der Waals surface area contributed by atoms with E-state index in [0.717, 1.165) is 18.5 Å². The molecule has 0 aliphatic carbocycles. The van der Waals surface area contributed by atoms with Crippen LogP contribution in [0.3, 0.4) is 0 Å². The molecule has 8 nitrogen and oxygen atoms in total. The van der Waals surface area contributed by atoms with Crippen LogP contribution >= 0.6 is 0 Å². The van der Waals surface area contributed by atoms with E-state index >= 15 is 0 Å². The number of aryl methyl sites for hydroxylation is 1. The summed E-state index contributed by atoms with van der Waals surface area (Å²) in [6.45, 7) is 3.27. The third-order valence-electron chi connectivity index (χ3n) is 4.63. The fourth-order valence-corrected chi connectivity index (χ4v) is 3.36. The standard InChI is InChI=1S/C16H22N6O2/c1-16(13-11(9-18-19-13)14(23)17-2)6-4-7-22(10-16)15(24)12-5-8-21(3)20-12/h5,8-9H,4,6-7,10H2,1-3H3,(H,17,23)(H,18,19). The Bertz CT molecular complexity index is 764. The topological polar surface area (TPSA) is 95.9 Å². The highest BCUT2D eigenvalue weighted by Gasteiger charge is 2.39. The molecule has 3 heterocycles. The number of amides is 2. The van der Waals surface area contributed by atoms with E-state index in [1.165, 1.54) is 0 Å². The van der Waals surface area contributed by atoms with Crippen LogP contribution in [0.15, 0.2) is 18.5 Å². The van der Waals surface area contributed by atoms with Gasteiger partial charge in [0.05, 0.1) is 17.5 Å². The Kier molecular flexibility index (Phi) is 4.13. The molecule has 3 rings (SSSR count). The first kappa shape index (κ1) is 16.2. The van der Waals surface area contributed by atoms with Crippen molar-refractivity contribution in [1.82, 2.24) is 30.2 Å². The van der Waals surface area contributed by atoms with E-state index < -0.39 is 0 Å². The molecule has 0 aromatic carbocycles. The smallest absolute Gasteiger partial charge is 0.274 e. The third kappa shape index (κ3) is 2.79. The number of aromatic nitrogens is 4. The van der Waals surface area contributed by atoms with Crippen LogP contribution in [0.1, 0.15) is 46.3 Å². The number of nitrogens with one attached hydrogen (secondary N) is 2. The van der Waals surface area contributed by atoms with Crippen molar-refractivity contribution >= 4 is 11.8 Å². The highest BCUT2D eigenvalue weighted by atomic mass is 16.2. The molecule has 2 aromatic rings. The molecular weight excluding hydrogens is 308 g/mol. The lowest BCUT2D eigenvalue weighted by molar-refractivity contribution is 0.0640. The maximum Gasteiger partial charge on any atom is 0.274 e. The Labute approximate surface area is 140 Å². The number of hydrogen-bond donors (Lipinski definition) is 2. The van der Waals surface area contributed by atoms with E-state index in [-0.39, 0.29) is 17.2 Å². The van der Waals surface area contributed by atoms with Gasteiger partial charge in [-0.1, -0.05) is 6.92 Å². The van der Waals surface area contributed by atoms with Crippen molar-refractivity contribution in [2.75, 3.05) is 20.1 Å². The first-order valence-electron chi connectivity index (χ1n) is 7.99. The van der Waals surface area contributed by atoms with E-state index in [0.29, 0.717) is 24.3 Å². The number of aromatic amines is 1. The van der Waals surface area contributed by atoms with E-state index in [1.54, 1.807) is 42.1 Å². The van der Waals surface area contributed by atoms with Gasteiger partial charge in [0.15, 0.2) is 0 Å². The molecule has 1 saturated heterocycles. The number of hydrogen-bond acceptors (Lipinski definition) is 4. The lowest BCUT2D eigenvalue weighted by Gasteiger charge is -2.40. The summed E-state index contributed by atoms with van der Waals surface area (Å²) in [5, 5.41) is 13.8. The summed E-state index contributed by atoms with van der Waals surface area (Å²) in [4.78, 5) is 26.6. The molecule has 128 valence electrons. The fraction of sp³-hybridized carbons (Fsp3) is 0.500. The van der Waals surface area contributed by atoms with Gasteiger partial charge in [0, 0.05) is 38.8 Å². The molecule has 0 saturated carbocycles. The first-order chi connectivity index (χ1) is 11.4. The highest BCUT2D eigenvalue weighted by molar-refractivity contribution is 5.95. The van der Waals surface area contributed by atoms with Crippen LogP contribution < -0.4 is 5.32 Å². The van der Waals surface area contributed by atoms with Gasteiger partial charge in [-0.05, 0) is 18.9 Å². The quantitative estimate of drug-likeness (QED) is 0.866. The average Bonchev–Trinajstić information content (AvgIpc) is 3.22. The van der Waals surface area contributed by atoms with Gasteiger partial charge in [-0.15, -0.1) is 0 Å². The number of likely N-dealkylation sites (tertiary alicyclic amines) is 1. The van der Waals surface area contributed by atoms with Gasteiger partial charge in [-0.3, -0.25) is 19.4 Å². The number of carbonyl (C=O) groups excluding carboxylic acids is 2. The average molecular weight is 330 g/mol. The minimum absolute atomic E-state index is 0.0810.